The van der Waals surface area contributed by atoms with Crippen LogP contribution >= 0.6 is 0 Å². The number of phenolic OH excluding ortho intramolecular Hbond substituents is 1. The second-order valence-corrected chi connectivity index (χ2v) is 12.2. The van der Waals surface area contributed by atoms with Gasteiger partial charge < -0.3 is 19.8 Å². The molecule has 1 spiro atoms. The molecule has 2 heterocycles. The smallest absolute Gasteiger partial charge is 0.416 e. The first-order valence-corrected chi connectivity index (χ1v) is 14.1. The van der Waals surface area contributed by atoms with Gasteiger partial charge in [-0.05, 0) is 73.9 Å². The predicted octanol–water partition coefficient (Wildman–Crippen LogP) is 4.16. The van der Waals surface area contributed by atoms with Gasteiger partial charge in [0, 0.05) is 37.3 Å². The van der Waals surface area contributed by atoms with Gasteiger partial charge in [0.1, 0.15) is 17.7 Å². The van der Waals surface area contributed by atoms with Crippen LogP contribution in [0.15, 0.2) is 42.5 Å². The number of rotatable bonds is 5. The maximum absolute atomic E-state index is 13.9. The molecule has 10 heteroatoms. The van der Waals surface area contributed by atoms with Gasteiger partial charge in [-0.15, -0.1) is 0 Å². The average Bonchev–Trinajstić information content (AvgIpc) is 3.68. The number of likely N-dealkylation sites (N-methyl/N-ethyl adjacent to an activating group) is 1. The minimum atomic E-state index is -4.49. The third-order valence-corrected chi connectivity index (χ3v) is 10.0. The van der Waals surface area contributed by atoms with Gasteiger partial charge in [0.15, 0.2) is 17.3 Å². The molecule has 7 rings (SSSR count). The van der Waals surface area contributed by atoms with Crippen molar-refractivity contribution >= 4 is 17.8 Å². The molecular weight excluding hydrogens is 537 g/mol. The quantitative estimate of drug-likeness (QED) is 0.527. The van der Waals surface area contributed by atoms with Gasteiger partial charge in [-0.2, -0.15) is 13.2 Å². The number of hydrogen-bond donors (Lipinski definition) is 2. The van der Waals surface area contributed by atoms with E-state index in [0.717, 1.165) is 31.5 Å². The lowest BCUT2D eigenvalue weighted by Crippen LogP contribution is -2.79. The van der Waals surface area contributed by atoms with E-state index >= 15 is 0 Å². The zero-order valence-corrected chi connectivity index (χ0v) is 22.5. The van der Waals surface area contributed by atoms with E-state index < -0.39 is 46.9 Å². The Morgan fingerprint density at radius 1 is 1.20 bits per heavy atom. The van der Waals surface area contributed by atoms with Gasteiger partial charge >= 0.3 is 6.18 Å². The van der Waals surface area contributed by atoms with Crippen LogP contribution in [0.2, 0.25) is 0 Å². The molecule has 3 aliphatic carbocycles. The summed E-state index contributed by atoms with van der Waals surface area (Å²) in [7, 11) is 1.62. The fourth-order valence-electron chi connectivity index (χ4n) is 7.96. The number of aliphatic hydroxyl groups is 1. The number of nitrogens with zero attached hydrogens (tertiary/aromatic N) is 2. The van der Waals surface area contributed by atoms with Crippen LogP contribution in [-0.4, -0.2) is 75.6 Å². The normalized spacial score (nSPS) is 32.1. The van der Waals surface area contributed by atoms with Crippen LogP contribution in [0.4, 0.5) is 13.2 Å². The number of halogens is 3. The van der Waals surface area contributed by atoms with Crippen LogP contribution in [0.25, 0.3) is 6.08 Å². The first-order valence-electron chi connectivity index (χ1n) is 14.1. The Hall–Kier alpha value is -3.37. The number of carbonyl (C=O) groups excluding carboxylic acids is 2. The average molecular weight is 569 g/mol. The fraction of sp³-hybridized carbons (Fsp3) is 0.484. The van der Waals surface area contributed by atoms with E-state index in [-0.39, 0.29) is 29.3 Å². The fourth-order valence-corrected chi connectivity index (χ4v) is 7.96. The van der Waals surface area contributed by atoms with E-state index in [9.17, 15) is 33.0 Å². The van der Waals surface area contributed by atoms with E-state index in [1.165, 1.54) is 35.3 Å². The summed E-state index contributed by atoms with van der Waals surface area (Å²) in [6.07, 6.45) is 0.747. The van der Waals surface area contributed by atoms with E-state index in [2.05, 4.69) is 4.90 Å². The second kappa shape index (κ2) is 8.82. The lowest BCUT2D eigenvalue weighted by molar-refractivity contribution is -0.187. The number of hydrogen-bond acceptors (Lipinski definition) is 6. The molecule has 2 aliphatic heterocycles. The number of benzene rings is 2. The number of ether oxygens (including phenoxy) is 1. The lowest BCUT2D eigenvalue weighted by atomic mass is 9.48. The Labute approximate surface area is 235 Å². The van der Waals surface area contributed by atoms with E-state index in [1.54, 1.807) is 13.1 Å². The highest BCUT2D eigenvalue weighted by molar-refractivity contribution is 6.06. The first kappa shape index (κ1) is 26.5. The first-order chi connectivity index (χ1) is 19.5. The minimum absolute atomic E-state index is 0.112. The summed E-state index contributed by atoms with van der Waals surface area (Å²) in [6.45, 7) is 1.34. The van der Waals surface area contributed by atoms with Crippen LogP contribution in [-0.2, 0) is 16.4 Å². The highest BCUT2D eigenvalue weighted by Crippen LogP contribution is 2.66. The number of Topliss-reactive ketones (excluding diaryl/α,β-unsaturated/α-hetero) is 1. The van der Waals surface area contributed by atoms with Gasteiger partial charge in [0.05, 0.1) is 17.0 Å². The third-order valence-electron chi connectivity index (χ3n) is 10.0. The summed E-state index contributed by atoms with van der Waals surface area (Å²) in [5, 5.41) is 23.3. The van der Waals surface area contributed by atoms with Crippen LogP contribution in [0.5, 0.6) is 11.5 Å². The van der Waals surface area contributed by atoms with Crippen molar-refractivity contribution in [3.63, 3.8) is 0 Å². The summed E-state index contributed by atoms with van der Waals surface area (Å²) in [5.74, 6) is 0.0274. The van der Waals surface area contributed by atoms with Crippen LogP contribution < -0.4 is 4.74 Å². The SMILES string of the molecule is CN(C(=O)C=Cc1cccc(C(F)(F)F)c1)[C@@H]1CC[C@@]2(O)[C@H]3C(=O)c4ccc(O)c5c4[C@@]2(CCN3CC2CC2)[C@H]1O5. The molecule has 3 fully saturated rings. The molecule has 41 heavy (non-hydrogen) atoms. The molecule has 2 N–H and O–H groups in total. The van der Waals surface area contributed by atoms with Crippen molar-refractivity contribution in [2.45, 2.75) is 67.5 Å². The van der Waals surface area contributed by atoms with Crippen LogP contribution in [0.3, 0.4) is 0 Å². The molecular formula is C31H31F3N2O5. The van der Waals surface area contributed by atoms with Gasteiger partial charge in [-0.3, -0.25) is 14.5 Å². The van der Waals surface area contributed by atoms with E-state index in [0.29, 0.717) is 36.4 Å². The van der Waals surface area contributed by atoms with Gasteiger partial charge in [-0.1, -0.05) is 12.1 Å². The summed E-state index contributed by atoms with van der Waals surface area (Å²) >= 11 is 0. The summed E-state index contributed by atoms with van der Waals surface area (Å²) in [4.78, 5) is 30.9. The molecule has 5 aliphatic rings. The number of alkyl halides is 3. The van der Waals surface area contributed by atoms with Crippen molar-refractivity contribution in [1.82, 2.24) is 9.80 Å². The number of ketones is 1. The molecule has 5 atom stereocenters. The van der Waals surface area contributed by atoms with Crippen molar-refractivity contribution in [2.75, 3.05) is 20.1 Å². The van der Waals surface area contributed by atoms with Crippen molar-refractivity contribution in [3.05, 3.63) is 64.7 Å². The molecule has 2 saturated carbocycles. The number of piperidine rings is 1. The highest BCUT2D eigenvalue weighted by atomic mass is 19.4. The van der Waals surface area contributed by atoms with Crippen LogP contribution in [0.1, 0.15) is 59.2 Å². The molecule has 7 nitrogen and oxygen atoms in total. The molecule has 216 valence electrons. The molecule has 0 radical (unpaired) electrons. The standard InChI is InChI=1S/C31H31F3N2O5/c1-35(23(38)10-7-17-3-2-4-19(15-17)31(32,33)34)21-11-12-30(40)27-25(39)20-8-9-22(37)26-24(20)29(30,28(21)41-26)13-14-36(27)16-18-5-6-18/h2-4,7-10,15,18,21,27-28,37,40H,5-6,11-14,16H2,1H3/t21-,27-,28+,29+,30-/m1/s1. The van der Waals surface area contributed by atoms with Crippen LogP contribution in [0, 0.1) is 5.92 Å². The Morgan fingerprint density at radius 3 is 2.71 bits per heavy atom. The maximum Gasteiger partial charge on any atom is 0.416 e. The molecule has 2 aromatic rings. The van der Waals surface area contributed by atoms with E-state index in [4.69, 9.17) is 4.74 Å². The number of aromatic hydroxyl groups is 1. The van der Waals surface area contributed by atoms with Crippen molar-refractivity contribution in [3.8, 4) is 11.5 Å². The monoisotopic (exact) mass is 568 g/mol. The predicted molar refractivity (Wildman–Crippen MR) is 142 cm³/mol. The molecule has 2 aromatic carbocycles. The Morgan fingerprint density at radius 2 is 1.98 bits per heavy atom. The zero-order valence-electron chi connectivity index (χ0n) is 22.5. The van der Waals surface area contributed by atoms with Gasteiger partial charge in [0.25, 0.3) is 0 Å². The largest absolute Gasteiger partial charge is 0.504 e. The maximum atomic E-state index is 13.9. The molecule has 2 bridgehead atoms. The van der Waals surface area contributed by atoms with Crippen molar-refractivity contribution < 1.29 is 37.7 Å². The summed E-state index contributed by atoms with van der Waals surface area (Å²) in [5.41, 5.74) is -1.97. The number of carbonyl (C=O) groups is 2. The molecule has 1 saturated heterocycles. The van der Waals surface area contributed by atoms with Gasteiger partial charge in [-0.25, -0.2) is 0 Å². The number of phenols is 1. The number of likely N-dealkylation sites (tertiary alicyclic amines) is 1. The topological polar surface area (TPSA) is 90.3 Å². The third kappa shape index (κ3) is 3.72. The summed E-state index contributed by atoms with van der Waals surface area (Å²) < 4.78 is 45.8. The Bertz CT molecular complexity index is 1490. The molecule has 1 amide bonds. The van der Waals surface area contributed by atoms with Gasteiger partial charge in [0.2, 0.25) is 5.91 Å². The summed E-state index contributed by atoms with van der Waals surface area (Å²) in [6, 6.07) is 6.59. The zero-order chi connectivity index (χ0) is 28.9. The second-order valence-electron chi connectivity index (χ2n) is 12.2. The van der Waals surface area contributed by atoms with Crippen molar-refractivity contribution in [1.29, 1.82) is 0 Å². The molecule has 0 aromatic heterocycles. The Balaban J connectivity index is 1.23. The lowest BCUT2D eigenvalue weighted by Gasteiger charge is -2.63. The van der Waals surface area contributed by atoms with Crippen molar-refractivity contribution in [2.24, 2.45) is 5.92 Å². The molecule has 0 unspecified atom stereocenters. The highest BCUT2D eigenvalue weighted by Gasteiger charge is 2.75. The minimum Gasteiger partial charge on any atom is -0.504 e. The van der Waals surface area contributed by atoms with E-state index in [1.807, 2.05) is 0 Å². The number of amides is 1. The Kier molecular flexibility index (Phi) is 5.70.